The summed E-state index contributed by atoms with van der Waals surface area (Å²) in [4.78, 5) is 0. The minimum Gasteiger partial charge on any atom is -0.411 e. The van der Waals surface area contributed by atoms with E-state index in [9.17, 15) is 5.11 Å². The third-order valence-electron chi connectivity index (χ3n) is 8.43. The van der Waals surface area contributed by atoms with Crippen LogP contribution in [-0.2, 0) is 9.16 Å². The molecule has 0 aromatic rings. The van der Waals surface area contributed by atoms with Gasteiger partial charge >= 0.3 is 0 Å². The van der Waals surface area contributed by atoms with Crippen molar-refractivity contribution < 1.29 is 14.3 Å². The van der Waals surface area contributed by atoms with Gasteiger partial charge in [-0.25, -0.2) is 0 Å². The molecule has 0 radical (unpaired) electrons. The Kier molecular flexibility index (Phi) is 4.60. The summed E-state index contributed by atoms with van der Waals surface area (Å²) in [7, 11) is -1.89. The quantitative estimate of drug-likeness (QED) is 0.713. The second-order valence-corrected chi connectivity index (χ2v) is 15.9. The highest BCUT2D eigenvalue weighted by Crippen LogP contribution is 2.63. The Hall–Kier alpha value is 0.0969. The fourth-order valence-electron chi connectivity index (χ4n) is 5.64. The minimum atomic E-state index is -1.89. The molecule has 146 valence electrons. The third kappa shape index (κ3) is 2.69. The van der Waals surface area contributed by atoms with Crippen LogP contribution in [-0.4, -0.2) is 36.8 Å². The van der Waals surface area contributed by atoms with E-state index >= 15 is 0 Å². The molecule has 1 N–H and O–H groups in total. The number of hydrogen-bond donors (Lipinski definition) is 1. The summed E-state index contributed by atoms with van der Waals surface area (Å²) in [6.07, 6.45) is 2.94. The Morgan fingerprint density at radius 2 is 1.80 bits per heavy atom. The van der Waals surface area contributed by atoms with Crippen LogP contribution in [0.5, 0.6) is 0 Å². The van der Waals surface area contributed by atoms with Crippen molar-refractivity contribution >= 4 is 8.32 Å². The maximum Gasteiger partial charge on any atom is 0.192 e. The first kappa shape index (κ1) is 19.8. The van der Waals surface area contributed by atoms with Gasteiger partial charge in [-0.3, -0.25) is 0 Å². The fraction of sp³-hybridized carbons (Fsp3) is 1.00. The number of aliphatic hydroxyl groups is 1. The average Bonchev–Trinajstić information content (AvgIpc) is 2.95. The molecule has 0 spiro atoms. The average molecular weight is 369 g/mol. The van der Waals surface area contributed by atoms with E-state index in [1.807, 2.05) is 0 Å². The molecule has 1 aliphatic carbocycles. The zero-order chi connectivity index (χ0) is 19.0. The van der Waals surface area contributed by atoms with Gasteiger partial charge in [-0.2, -0.15) is 0 Å². The number of fused-ring (bicyclic) bond motifs is 4. The van der Waals surface area contributed by atoms with E-state index in [1.54, 1.807) is 0 Å². The molecule has 3 nitrogen and oxygen atoms in total. The van der Waals surface area contributed by atoms with Crippen LogP contribution in [0.3, 0.4) is 0 Å². The molecule has 1 unspecified atom stereocenters. The molecule has 2 bridgehead atoms. The van der Waals surface area contributed by atoms with E-state index < -0.39 is 13.9 Å². The summed E-state index contributed by atoms with van der Waals surface area (Å²) in [5, 5.41) is 11.6. The number of rotatable bonds is 3. The predicted octanol–water partition coefficient (Wildman–Crippen LogP) is 4.99. The summed E-state index contributed by atoms with van der Waals surface area (Å²) in [6.45, 7) is 20.6. The van der Waals surface area contributed by atoms with E-state index in [1.165, 1.54) is 6.42 Å². The summed E-state index contributed by atoms with van der Waals surface area (Å²) < 4.78 is 13.8. The molecule has 0 amide bonds. The Balaban J connectivity index is 2.00. The van der Waals surface area contributed by atoms with Gasteiger partial charge in [0.15, 0.2) is 8.32 Å². The largest absolute Gasteiger partial charge is 0.411 e. The molecule has 0 aromatic heterocycles. The lowest BCUT2D eigenvalue weighted by molar-refractivity contribution is -0.257. The van der Waals surface area contributed by atoms with Gasteiger partial charge in [0, 0.05) is 6.42 Å². The van der Waals surface area contributed by atoms with E-state index in [-0.39, 0.29) is 22.8 Å². The highest BCUT2D eigenvalue weighted by atomic mass is 28.4. The van der Waals surface area contributed by atoms with Crippen LogP contribution in [0.4, 0.5) is 0 Å². The van der Waals surface area contributed by atoms with Crippen molar-refractivity contribution in [2.75, 3.05) is 0 Å². The highest BCUT2D eigenvalue weighted by molar-refractivity contribution is 6.74. The Morgan fingerprint density at radius 3 is 2.32 bits per heavy atom. The van der Waals surface area contributed by atoms with Crippen molar-refractivity contribution in [1.82, 2.24) is 0 Å². The Bertz CT molecular complexity index is 526. The van der Waals surface area contributed by atoms with Crippen molar-refractivity contribution in [1.29, 1.82) is 0 Å². The van der Waals surface area contributed by atoms with Gasteiger partial charge < -0.3 is 14.3 Å². The number of hydrogen-bond acceptors (Lipinski definition) is 3. The monoisotopic (exact) mass is 368 g/mol. The summed E-state index contributed by atoms with van der Waals surface area (Å²) in [5.41, 5.74) is -0.698. The smallest absolute Gasteiger partial charge is 0.192 e. The van der Waals surface area contributed by atoms with Crippen LogP contribution in [0.15, 0.2) is 0 Å². The van der Waals surface area contributed by atoms with E-state index in [2.05, 4.69) is 61.6 Å². The first-order valence-corrected chi connectivity index (χ1v) is 13.2. The molecular formula is C21H40O3Si. The van der Waals surface area contributed by atoms with Gasteiger partial charge in [0.1, 0.15) is 0 Å². The van der Waals surface area contributed by atoms with Crippen molar-refractivity contribution in [3.05, 3.63) is 0 Å². The topological polar surface area (TPSA) is 38.7 Å². The zero-order valence-electron chi connectivity index (χ0n) is 17.8. The molecule has 3 fully saturated rings. The van der Waals surface area contributed by atoms with Crippen molar-refractivity contribution in [3.8, 4) is 0 Å². The molecule has 7 atom stereocenters. The lowest BCUT2D eigenvalue weighted by Crippen LogP contribution is -2.61. The Morgan fingerprint density at radius 1 is 1.20 bits per heavy atom. The third-order valence-corrected chi connectivity index (χ3v) is 12.9. The zero-order valence-corrected chi connectivity index (χ0v) is 18.8. The predicted molar refractivity (Wildman–Crippen MR) is 105 cm³/mol. The maximum absolute atomic E-state index is 11.4. The normalized spacial score (nSPS) is 47.4. The first-order chi connectivity index (χ1) is 11.3. The number of aliphatic hydroxyl groups excluding tert-OH is 1. The highest BCUT2D eigenvalue weighted by Gasteiger charge is 2.70. The Labute approximate surface area is 156 Å². The first-order valence-electron chi connectivity index (χ1n) is 10.3. The van der Waals surface area contributed by atoms with Gasteiger partial charge in [-0.15, -0.1) is 0 Å². The molecule has 1 saturated carbocycles. The molecule has 3 rings (SSSR count). The van der Waals surface area contributed by atoms with E-state index in [0.717, 1.165) is 12.8 Å². The molecule has 25 heavy (non-hydrogen) atoms. The van der Waals surface area contributed by atoms with Crippen LogP contribution in [0, 0.1) is 23.7 Å². The van der Waals surface area contributed by atoms with Gasteiger partial charge in [-0.05, 0) is 61.6 Å². The van der Waals surface area contributed by atoms with Crippen LogP contribution in [0.2, 0.25) is 18.1 Å². The van der Waals surface area contributed by atoms with Crippen molar-refractivity contribution in [2.45, 2.75) is 109 Å². The van der Waals surface area contributed by atoms with Crippen LogP contribution in [0.25, 0.3) is 0 Å². The SMILES string of the molecule is CC(C)[C@@]12C[C@@H](O[Si](C)(C)C(C)(C)C)C(C)(O1)[C@@H]1CC[C@@H](C)[C@H]1[C@@H]2O. The molecule has 2 saturated heterocycles. The second kappa shape index (κ2) is 5.80. The molecule has 2 aliphatic heterocycles. The lowest BCUT2D eigenvalue weighted by atomic mass is 9.69. The van der Waals surface area contributed by atoms with E-state index in [4.69, 9.17) is 9.16 Å². The minimum absolute atomic E-state index is 0.103. The standard InChI is InChI=1S/C21H40O3Si/c1-13(2)21-12-16(23-25(8,9)19(4,5)6)20(7,24-21)15-11-10-14(3)17(15)18(21)22/h13-18,22H,10-12H2,1-9H3/t14-,15-,16-,17-,18+,20?,21-/m1/s1. The molecular weight excluding hydrogens is 328 g/mol. The second-order valence-electron chi connectivity index (χ2n) is 11.1. The van der Waals surface area contributed by atoms with Crippen LogP contribution in [0.1, 0.15) is 67.7 Å². The molecule has 2 heterocycles. The summed E-state index contributed by atoms with van der Waals surface area (Å²) >= 11 is 0. The molecule has 0 aromatic carbocycles. The van der Waals surface area contributed by atoms with Crippen molar-refractivity contribution in [2.24, 2.45) is 23.7 Å². The van der Waals surface area contributed by atoms with Gasteiger partial charge in [0.2, 0.25) is 0 Å². The van der Waals surface area contributed by atoms with E-state index in [0.29, 0.717) is 23.7 Å². The van der Waals surface area contributed by atoms with Crippen molar-refractivity contribution in [3.63, 3.8) is 0 Å². The molecule has 4 heteroatoms. The van der Waals surface area contributed by atoms with Gasteiger partial charge in [-0.1, -0.05) is 41.5 Å². The van der Waals surface area contributed by atoms with Gasteiger partial charge in [0.05, 0.1) is 23.4 Å². The molecule has 3 aliphatic rings. The fourth-order valence-corrected chi connectivity index (χ4v) is 7.02. The maximum atomic E-state index is 11.4. The number of ether oxygens (including phenoxy) is 1. The lowest BCUT2D eigenvalue weighted by Gasteiger charge is -2.52. The summed E-state index contributed by atoms with van der Waals surface area (Å²) in [5.74, 6) is 1.65. The van der Waals surface area contributed by atoms with Crippen LogP contribution < -0.4 is 0 Å². The van der Waals surface area contributed by atoms with Gasteiger partial charge in [0.25, 0.3) is 0 Å². The van der Waals surface area contributed by atoms with Crippen LogP contribution >= 0.6 is 0 Å². The summed E-state index contributed by atoms with van der Waals surface area (Å²) in [6, 6.07) is 0.